The van der Waals surface area contributed by atoms with Gasteiger partial charge in [0.25, 0.3) is 0 Å². The van der Waals surface area contributed by atoms with Crippen molar-refractivity contribution < 1.29 is 18.3 Å². The van der Waals surface area contributed by atoms with Crippen molar-refractivity contribution in [2.75, 3.05) is 12.4 Å². The SMILES string of the molecule is CCCOc1ccc(C(O)C2CCCCS2(=O)=O)cc1Br. The lowest BCUT2D eigenvalue weighted by atomic mass is 10.0. The summed E-state index contributed by atoms with van der Waals surface area (Å²) in [4.78, 5) is 0. The Labute approximate surface area is 134 Å². The summed E-state index contributed by atoms with van der Waals surface area (Å²) in [5.41, 5.74) is 0.612. The van der Waals surface area contributed by atoms with Gasteiger partial charge in [-0.05, 0) is 52.9 Å². The molecule has 1 aliphatic rings. The molecule has 118 valence electrons. The molecule has 1 aliphatic heterocycles. The smallest absolute Gasteiger partial charge is 0.156 e. The molecule has 1 aromatic rings. The van der Waals surface area contributed by atoms with Crippen molar-refractivity contribution in [3.63, 3.8) is 0 Å². The van der Waals surface area contributed by atoms with E-state index in [1.54, 1.807) is 18.2 Å². The van der Waals surface area contributed by atoms with Crippen molar-refractivity contribution in [2.24, 2.45) is 0 Å². The average Bonchev–Trinajstić information content (AvgIpc) is 2.45. The third-order valence-electron chi connectivity index (χ3n) is 3.74. The molecule has 1 fully saturated rings. The van der Waals surface area contributed by atoms with Gasteiger partial charge in [0, 0.05) is 0 Å². The van der Waals surface area contributed by atoms with Crippen LogP contribution in [0, 0.1) is 0 Å². The zero-order valence-corrected chi connectivity index (χ0v) is 14.5. The van der Waals surface area contributed by atoms with Crippen LogP contribution >= 0.6 is 15.9 Å². The summed E-state index contributed by atoms with van der Waals surface area (Å²) in [6.07, 6.45) is 2.00. The first-order valence-corrected chi connectivity index (χ1v) is 9.78. The van der Waals surface area contributed by atoms with Crippen LogP contribution in [0.5, 0.6) is 5.75 Å². The number of ether oxygens (including phenoxy) is 1. The van der Waals surface area contributed by atoms with E-state index in [-0.39, 0.29) is 5.75 Å². The molecule has 0 amide bonds. The molecule has 1 N–H and O–H groups in total. The fourth-order valence-electron chi connectivity index (χ4n) is 2.58. The summed E-state index contributed by atoms with van der Waals surface area (Å²) in [5.74, 6) is 0.882. The lowest BCUT2D eigenvalue weighted by molar-refractivity contribution is 0.164. The Balaban J connectivity index is 2.19. The van der Waals surface area contributed by atoms with E-state index in [0.29, 0.717) is 30.8 Å². The molecule has 2 atom stereocenters. The van der Waals surface area contributed by atoms with E-state index in [0.717, 1.165) is 17.3 Å². The van der Waals surface area contributed by atoms with Crippen LogP contribution in [-0.2, 0) is 9.84 Å². The second kappa shape index (κ2) is 7.11. The molecular formula is C15H21BrO4S. The quantitative estimate of drug-likeness (QED) is 0.856. The number of sulfone groups is 1. The molecule has 0 spiro atoms. The Kier molecular flexibility index (Phi) is 5.68. The van der Waals surface area contributed by atoms with Crippen LogP contribution in [0.15, 0.2) is 22.7 Å². The van der Waals surface area contributed by atoms with E-state index in [1.807, 2.05) is 6.92 Å². The zero-order valence-electron chi connectivity index (χ0n) is 12.1. The van der Waals surface area contributed by atoms with E-state index in [4.69, 9.17) is 4.74 Å². The number of rotatable bonds is 5. The minimum Gasteiger partial charge on any atom is -0.492 e. The largest absolute Gasteiger partial charge is 0.492 e. The Morgan fingerprint density at radius 3 is 2.81 bits per heavy atom. The summed E-state index contributed by atoms with van der Waals surface area (Å²) < 4.78 is 30.5. The van der Waals surface area contributed by atoms with Crippen LogP contribution < -0.4 is 4.74 Å². The van der Waals surface area contributed by atoms with Gasteiger partial charge in [0.05, 0.1) is 28.2 Å². The minimum absolute atomic E-state index is 0.174. The molecule has 2 unspecified atom stereocenters. The van der Waals surface area contributed by atoms with Gasteiger partial charge in [-0.25, -0.2) is 8.42 Å². The van der Waals surface area contributed by atoms with Gasteiger partial charge in [0.1, 0.15) is 5.75 Å². The molecule has 2 rings (SSSR count). The number of aliphatic hydroxyl groups is 1. The first-order valence-electron chi connectivity index (χ1n) is 7.27. The van der Waals surface area contributed by atoms with Gasteiger partial charge in [-0.3, -0.25) is 0 Å². The predicted octanol–water partition coefficient (Wildman–Crippen LogP) is 3.24. The topological polar surface area (TPSA) is 63.6 Å². The van der Waals surface area contributed by atoms with E-state index in [1.165, 1.54) is 0 Å². The van der Waals surface area contributed by atoms with Gasteiger partial charge in [-0.15, -0.1) is 0 Å². The Morgan fingerprint density at radius 1 is 1.43 bits per heavy atom. The summed E-state index contributed by atoms with van der Waals surface area (Å²) in [6.45, 7) is 2.65. The highest BCUT2D eigenvalue weighted by Crippen LogP contribution is 2.34. The molecule has 1 heterocycles. The first kappa shape index (κ1) is 16.8. The average molecular weight is 377 g/mol. The molecule has 6 heteroatoms. The summed E-state index contributed by atoms with van der Waals surface area (Å²) in [7, 11) is -3.20. The fraction of sp³-hybridized carbons (Fsp3) is 0.600. The van der Waals surface area contributed by atoms with Crippen molar-refractivity contribution in [1.82, 2.24) is 0 Å². The molecule has 0 aliphatic carbocycles. The first-order chi connectivity index (χ1) is 9.95. The molecule has 0 saturated carbocycles. The third-order valence-corrected chi connectivity index (χ3v) is 6.63. The van der Waals surface area contributed by atoms with Crippen LogP contribution in [0.4, 0.5) is 0 Å². The molecule has 0 radical (unpaired) electrons. The number of aliphatic hydroxyl groups excluding tert-OH is 1. The number of hydrogen-bond acceptors (Lipinski definition) is 4. The maximum atomic E-state index is 12.1. The third kappa shape index (κ3) is 3.99. The van der Waals surface area contributed by atoms with Gasteiger partial charge in [0.2, 0.25) is 0 Å². The van der Waals surface area contributed by atoms with E-state index >= 15 is 0 Å². The van der Waals surface area contributed by atoms with Gasteiger partial charge in [0.15, 0.2) is 9.84 Å². The molecule has 1 aromatic carbocycles. The lowest BCUT2D eigenvalue weighted by Gasteiger charge is -2.27. The van der Waals surface area contributed by atoms with E-state index < -0.39 is 21.2 Å². The van der Waals surface area contributed by atoms with Crippen molar-refractivity contribution >= 4 is 25.8 Å². The fourth-order valence-corrected chi connectivity index (χ4v) is 5.07. The van der Waals surface area contributed by atoms with Crippen LogP contribution in [0.2, 0.25) is 0 Å². The molecular weight excluding hydrogens is 356 g/mol. The highest BCUT2D eigenvalue weighted by molar-refractivity contribution is 9.10. The summed E-state index contributed by atoms with van der Waals surface area (Å²) in [5, 5.41) is 9.74. The summed E-state index contributed by atoms with van der Waals surface area (Å²) >= 11 is 3.41. The monoisotopic (exact) mass is 376 g/mol. The van der Waals surface area contributed by atoms with Gasteiger partial charge < -0.3 is 9.84 Å². The Hall–Kier alpha value is -0.590. The Morgan fingerprint density at radius 2 is 2.19 bits per heavy atom. The molecule has 0 bridgehead atoms. The van der Waals surface area contributed by atoms with E-state index in [9.17, 15) is 13.5 Å². The molecule has 21 heavy (non-hydrogen) atoms. The van der Waals surface area contributed by atoms with Gasteiger partial charge in [-0.2, -0.15) is 0 Å². The van der Waals surface area contributed by atoms with Crippen molar-refractivity contribution in [3.05, 3.63) is 28.2 Å². The standard InChI is InChI=1S/C15H21BrO4S/c1-2-8-20-13-7-6-11(10-12(13)16)15(17)14-5-3-4-9-21(14,18)19/h6-7,10,14-15,17H,2-5,8-9H2,1H3. The second-order valence-corrected chi connectivity index (χ2v) is 8.58. The van der Waals surface area contributed by atoms with Crippen LogP contribution in [-0.4, -0.2) is 31.1 Å². The van der Waals surface area contributed by atoms with Crippen LogP contribution in [0.1, 0.15) is 44.3 Å². The van der Waals surface area contributed by atoms with Crippen LogP contribution in [0.3, 0.4) is 0 Å². The van der Waals surface area contributed by atoms with Crippen molar-refractivity contribution in [1.29, 1.82) is 0 Å². The maximum absolute atomic E-state index is 12.1. The predicted molar refractivity (Wildman–Crippen MR) is 86.3 cm³/mol. The normalized spacial score (nSPS) is 22.7. The van der Waals surface area contributed by atoms with Crippen molar-refractivity contribution in [2.45, 2.75) is 44.0 Å². The second-order valence-electron chi connectivity index (χ2n) is 5.38. The minimum atomic E-state index is -3.20. The molecule has 1 saturated heterocycles. The van der Waals surface area contributed by atoms with Crippen molar-refractivity contribution in [3.8, 4) is 5.75 Å². The number of halogens is 1. The highest BCUT2D eigenvalue weighted by atomic mass is 79.9. The molecule has 4 nitrogen and oxygen atoms in total. The Bertz CT molecular complexity index is 585. The lowest BCUT2D eigenvalue weighted by Crippen LogP contribution is -2.33. The van der Waals surface area contributed by atoms with E-state index in [2.05, 4.69) is 15.9 Å². The highest BCUT2D eigenvalue weighted by Gasteiger charge is 2.35. The van der Waals surface area contributed by atoms with Gasteiger partial charge in [-0.1, -0.05) is 19.4 Å². The molecule has 0 aromatic heterocycles. The number of hydrogen-bond donors (Lipinski definition) is 1. The zero-order chi connectivity index (χ0) is 15.5. The number of benzene rings is 1. The summed E-state index contributed by atoms with van der Waals surface area (Å²) in [6, 6.07) is 5.26. The van der Waals surface area contributed by atoms with Gasteiger partial charge >= 0.3 is 0 Å². The maximum Gasteiger partial charge on any atom is 0.156 e. The van der Waals surface area contributed by atoms with Crippen LogP contribution in [0.25, 0.3) is 0 Å².